The molecule has 0 fully saturated rings. The van der Waals surface area contributed by atoms with E-state index in [4.69, 9.17) is 0 Å². The third-order valence-corrected chi connectivity index (χ3v) is 3.58. The van der Waals surface area contributed by atoms with E-state index in [1.54, 1.807) is 36.4 Å². The summed E-state index contributed by atoms with van der Waals surface area (Å²) in [4.78, 5) is 24.7. The first-order chi connectivity index (χ1) is 10.9. The third-order valence-electron chi connectivity index (χ3n) is 3.58. The molecule has 3 nitrogen and oxygen atoms in total. The molecule has 0 heterocycles. The summed E-state index contributed by atoms with van der Waals surface area (Å²) in [6.45, 7) is 7.04. The largest absolute Gasteiger partial charge is 0.352 e. The van der Waals surface area contributed by atoms with E-state index < -0.39 is 0 Å². The summed E-state index contributed by atoms with van der Waals surface area (Å²) < 4.78 is 0. The Morgan fingerprint density at radius 2 is 1.48 bits per heavy atom. The van der Waals surface area contributed by atoms with Crippen LogP contribution in [0.3, 0.4) is 0 Å². The second-order valence-corrected chi connectivity index (χ2v) is 6.84. The van der Waals surface area contributed by atoms with Crippen molar-refractivity contribution in [2.45, 2.75) is 27.2 Å². The minimum Gasteiger partial charge on any atom is -0.352 e. The predicted octanol–water partition coefficient (Wildman–Crippen LogP) is 4.08. The summed E-state index contributed by atoms with van der Waals surface area (Å²) in [7, 11) is 0. The number of benzene rings is 2. The van der Waals surface area contributed by atoms with Gasteiger partial charge in [0, 0.05) is 23.2 Å². The summed E-state index contributed by atoms with van der Waals surface area (Å²) in [5.74, 6) is -0.216. The highest BCUT2D eigenvalue weighted by Gasteiger charge is 2.13. The number of carbonyl (C=O) groups is 2. The molecule has 0 spiro atoms. The first kappa shape index (κ1) is 16.9. The number of nitrogens with one attached hydrogen (secondary N) is 1. The lowest BCUT2D eigenvalue weighted by atomic mass is 9.92. The van der Waals surface area contributed by atoms with E-state index in [9.17, 15) is 9.59 Å². The normalized spacial score (nSPS) is 11.1. The number of rotatable bonds is 5. The highest BCUT2D eigenvalue weighted by molar-refractivity contribution is 6.10. The van der Waals surface area contributed by atoms with Crippen LogP contribution in [0.2, 0.25) is 0 Å². The molecule has 2 aromatic rings. The first-order valence-corrected chi connectivity index (χ1v) is 7.85. The number of hydrogen-bond acceptors (Lipinski definition) is 2. The van der Waals surface area contributed by atoms with Crippen molar-refractivity contribution in [3.63, 3.8) is 0 Å². The van der Waals surface area contributed by atoms with Crippen LogP contribution in [0.15, 0.2) is 54.6 Å². The lowest BCUT2D eigenvalue weighted by molar-refractivity contribution is 0.0949. The molecular weight excluding hydrogens is 286 g/mol. The molecule has 2 rings (SSSR count). The Hall–Kier alpha value is -2.42. The van der Waals surface area contributed by atoms with Gasteiger partial charge in [0.2, 0.25) is 0 Å². The van der Waals surface area contributed by atoms with E-state index in [1.165, 1.54) is 0 Å². The molecule has 0 atom stereocenters. The molecule has 0 aliphatic heterocycles. The van der Waals surface area contributed by atoms with Gasteiger partial charge < -0.3 is 5.32 Å². The maximum absolute atomic E-state index is 12.4. The van der Waals surface area contributed by atoms with Gasteiger partial charge >= 0.3 is 0 Å². The van der Waals surface area contributed by atoms with Gasteiger partial charge in [-0.2, -0.15) is 0 Å². The molecule has 2 aromatic carbocycles. The van der Waals surface area contributed by atoms with Crippen LogP contribution < -0.4 is 5.32 Å². The highest BCUT2D eigenvalue weighted by Crippen LogP contribution is 2.17. The third kappa shape index (κ3) is 5.06. The van der Waals surface area contributed by atoms with Crippen molar-refractivity contribution in [2.75, 3.05) is 6.54 Å². The number of ketones is 1. The van der Waals surface area contributed by atoms with Crippen LogP contribution in [-0.4, -0.2) is 18.2 Å². The smallest absolute Gasteiger partial charge is 0.251 e. The molecular formula is C20H23NO2. The molecule has 0 aromatic heterocycles. The summed E-state index contributed by atoms with van der Waals surface area (Å²) in [6, 6.07) is 15.9. The molecule has 1 N–H and O–H groups in total. The fraction of sp³-hybridized carbons (Fsp3) is 0.300. The lowest BCUT2D eigenvalue weighted by Gasteiger charge is -2.18. The van der Waals surface area contributed by atoms with Crippen LogP contribution in [0.25, 0.3) is 0 Å². The van der Waals surface area contributed by atoms with Gasteiger partial charge in [-0.05, 0) is 24.0 Å². The Morgan fingerprint density at radius 1 is 0.870 bits per heavy atom. The van der Waals surface area contributed by atoms with Crippen LogP contribution in [0, 0.1) is 5.41 Å². The highest BCUT2D eigenvalue weighted by atomic mass is 16.1. The Bertz CT molecular complexity index is 684. The van der Waals surface area contributed by atoms with E-state index in [2.05, 4.69) is 26.1 Å². The first-order valence-electron chi connectivity index (χ1n) is 7.85. The molecule has 1 amide bonds. The monoisotopic (exact) mass is 309 g/mol. The summed E-state index contributed by atoms with van der Waals surface area (Å²) in [5.41, 5.74) is 1.84. The fourth-order valence-electron chi connectivity index (χ4n) is 2.21. The minimum atomic E-state index is -0.142. The van der Waals surface area contributed by atoms with Gasteiger partial charge in [-0.1, -0.05) is 63.2 Å². The van der Waals surface area contributed by atoms with Gasteiger partial charge in [0.1, 0.15) is 0 Å². The van der Waals surface area contributed by atoms with Crippen molar-refractivity contribution >= 4 is 11.7 Å². The van der Waals surface area contributed by atoms with Crippen LogP contribution >= 0.6 is 0 Å². The molecule has 23 heavy (non-hydrogen) atoms. The molecule has 0 saturated carbocycles. The Kier molecular flexibility index (Phi) is 5.32. The summed E-state index contributed by atoms with van der Waals surface area (Å²) >= 11 is 0. The Labute approximate surface area is 137 Å². The Morgan fingerprint density at radius 3 is 2.13 bits per heavy atom. The van der Waals surface area contributed by atoms with Crippen molar-refractivity contribution in [3.8, 4) is 0 Å². The van der Waals surface area contributed by atoms with Gasteiger partial charge in [0.05, 0.1) is 0 Å². The van der Waals surface area contributed by atoms with E-state index in [-0.39, 0.29) is 17.1 Å². The second-order valence-electron chi connectivity index (χ2n) is 6.84. The van der Waals surface area contributed by atoms with Gasteiger partial charge in [-0.3, -0.25) is 9.59 Å². The van der Waals surface area contributed by atoms with Crippen LogP contribution in [0.5, 0.6) is 0 Å². The average Bonchev–Trinajstić information content (AvgIpc) is 2.54. The zero-order valence-corrected chi connectivity index (χ0v) is 13.9. The molecule has 120 valence electrons. The fourth-order valence-corrected chi connectivity index (χ4v) is 2.21. The van der Waals surface area contributed by atoms with Crippen molar-refractivity contribution in [1.82, 2.24) is 5.32 Å². The summed E-state index contributed by atoms with van der Waals surface area (Å²) in [6.07, 6.45) is 0.904. The lowest BCUT2D eigenvalue weighted by Crippen LogP contribution is -2.27. The van der Waals surface area contributed by atoms with E-state index in [1.807, 2.05) is 18.2 Å². The van der Waals surface area contributed by atoms with Gasteiger partial charge in [-0.25, -0.2) is 0 Å². The maximum atomic E-state index is 12.4. The van der Waals surface area contributed by atoms with Gasteiger partial charge in [-0.15, -0.1) is 0 Å². The molecule has 0 aliphatic rings. The molecule has 0 unspecified atom stereocenters. The van der Waals surface area contributed by atoms with Crippen LogP contribution in [0.1, 0.15) is 53.5 Å². The van der Waals surface area contributed by atoms with Crippen molar-refractivity contribution in [1.29, 1.82) is 0 Å². The maximum Gasteiger partial charge on any atom is 0.251 e. The molecule has 3 heteroatoms. The molecule has 0 bridgehead atoms. The molecule has 0 saturated heterocycles. The summed E-state index contributed by atoms with van der Waals surface area (Å²) in [5, 5.41) is 2.91. The van der Waals surface area contributed by atoms with E-state index >= 15 is 0 Å². The van der Waals surface area contributed by atoms with Gasteiger partial charge in [0.15, 0.2) is 5.78 Å². The standard InChI is InChI=1S/C20H23NO2/c1-20(2,3)12-13-21-19(23)17-11-7-10-16(14-17)18(22)15-8-5-4-6-9-15/h4-11,14H,12-13H2,1-3H3,(H,21,23). The van der Waals surface area contributed by atoms with Crippen molar-refractivity contribution < 1.29 is 9.59 Å². The zero-order chi connectivity index (χ0) is 16.9. The number of hydrogen-bond donors (Lipinski definition) is 1. The Balaban J connectivity index is 2.08. The van der Waals surface area contributed by atoms with E-state index in [0.717, 1.165) is 6.42 Å². The zero-order valence-electron chi connectivity index (χ0n) is 13.9. The number of amides is 1. The van der Waals surface area contributed by atoms with Crippen molar-refractivity contribution in [2.24, 2.45) is 5.41 Å². The predicted molar refractivity (Wildman–Crippen MR) is 92.7 cm³/mol. The van der Waals surface area contributed by atoms with E-state index in [0.29, 0.717) is 23.2 Å². The second kappa shape index (κ2) is 7.23. The van der Waals surface area contributed by atoms with Crippen LogP contribution in [0.4, 0.5) is 0 Å². The minimum absolute atomic E-state index is 0.0741. The molecule has 0 radical (unpaired) electrons. The number of carbonyl (C=O) groups excluding carboxylic acids is 2. The topological polar surface area (TPSA) is 46.2 Å². The van der Waals surface area contributed by atoms with Crippen LogP contribution in [-0.2, 0) is 0 Å². The average molecular weight is 309 g/mol. The SMILES string of the molecule is CC(C)(C)CCNC(=O)c1cccc(C(=O)c2ccccc2)c1. The molecule has 0 aliphatic carbocycles. The van der Waals surface area contributed by atoms with Gasteiger partial charge in [0.25, 0.3) is 5.91 Å². The van der Waals surface area contributed by atoms with Crippen molar-refractivity contribution in [3.05, 3.63) is 71.3 Å². The quantitative estimate of drug-likeness (QED) is 0.846.